The molecular formula is C21H27N2O10+. The van der Waals surface area contributed by atoms with Crippen molar-refractivity contribution in [2.45, 2.75) is 50.9 Å². The first kappa shape index (κ1) is 25.9. The van der Waals surface area contributed by atoms with E-state index in [1.807, 2.05) is 30.3 Å². The van der Waals surface area contributed by atoms with Gasteiger partial charge in [0.15, 0.2) is 5.60 Å². The minimum absolute atomic E-state index is 0.0250. The summed E-state index contributed by atoms with van der Waals surface area (Å²) in [6.07, 6.45) is -1.52. The van der Waals surface area contributed by atoms with Crippen molar-refractivity contribution in [3.05, 3.63) is 35.9 Å². The molecule has 33 heavy (non-hydrogen) atoms. The SMILES string of the molecule is CC(=O)N(OCc1ccccc1)C1CC[N+](C=O)(OC(=O)CC(O)(CC(=O)O)C(=O)O)CC1. The van der Waals surface area contributed by atoms with Crippen LogP contribution in [-0.2, 0) is 40.3 Å². The van der Waals surface area contributed by atoms with E-state index in [4.69, 9.17) is 19.9 Å². The number of carbonyl (C=O) groups excluding carboxylic acids is 3. The zero-order chi connectivity index (χ0) is 24.6. The molecule has 0 aromatic heterocycles. The normalized spacial score (nSPS) is 21.9. The van der Waals surface area contributed by atoms with Gasteiger partial charge in [-0.15, -0.1) is 0 Å². The lowest BCUT2D eigenvalue weighted by Gasteiger charge is -2.38. The maximum Gasteiger partial charge on any atom is 0.370 e. The lowest BCUT2D eigenvalue weighted by atomic mass is 9.96. The summed E-state index contributed by atoms with van der Waals surface area (Å²) < 4.78 is -0.803. The minimum Gasteiger partial charge on any atom is -0.481 e. The van der Waals surface area contributed by atoms with E-state index in [1.165, 1.54) is 12.0 Å². The Hall–Kier alpha value is -3.35. The van der Waals surface area contributed by atoms with E-state index in [9.17, 15) is 29.1 Å². The number of carboxylic acids is 2. The number of hydrogen-bond donors (Lipinski definition) is 3. The third-order valence-electron chi connectivity index (χ3n) is 5.29. The summed E-state index contributed by atoms with van der Waals surface area (Å²) in [6.45, 7) is 1.46. The summed E-state index contributed by atoms with van der Waals surface area (Å²) in [7, 11) is 0. The maximum atomic E-state index is 12.3. The molecule has 1 aliphatic rings. The summed E-state index contributed by atoms with van der Waals surface area (Å²) in [5.41, 5.74) is -2.01. The molecule has 1 unspecified atom stereocenters. The zero-order valence-corrected chi connectivity index (χ0v) is 18.1. The van der Waals surface area contributed by atoms with Gasteiger partial charge in [0.25, 0.3) is 0 Å². The molecule has 1 heterocycles. The predicted octanol–water partition coefficient (Wildman–Crippen LogP) is 0.241. The highest BCUT2D eigenvalue weighted by Crippen LogP contribution is 2.25. The number of nitrogens with zero attached hydrogens (tertiary/aromatic N) is 2. The maximum absolute atomic E-state index is 12.3. The van der Waals surface area contributed by atoms with Crippen molar-refractivity contribution in [3.63, 3.8) is 0 Å². The second-order valence-electron chi connectivity index (χ2n) is 7.89. The van der Waals surface area contributed by atoms with Crippen LogP contribution >= 0.6 is 0 Å². The van der Waals surface area contributed by atoms with E-state index in [0.717, 1.165) is 5.56 Å². The predicted molar refractivity (Wildman–Crippen MR) is 108 cm³/mol. The summed E-state index contributed by atoms with van der Waals surface area (Å²) in [4.78, 5) is 68.9. The van der Waals surface area contributed by atoms with Gasteiger partial charge in [-0.3, -0.25) is 19.3 Å². The number of hydroxylamine groups is 5. The number of aliphatic carboxylic acids is 2. The Morgan fingerprint density at radius 2 is 1.73 bits per heavy atom. The molecule has 1 aromatic rings. The fourth-order valence-corrected chi connectivity index (χ4v) is 3.55. The molecule has 2 amide bonds. The van der Waals surface area contributed by atoms with Crippen molar-refractivity contribution in [1.29, 1.82) is 0 Å². The van der Waals surface area contributed by atoms with Gasteiger partial charge in [0.2, 0.25) is 5.91 Å². The third kappa shape index (κ3) is 7.07. The average Bonchev–Trinajstić information content (AvgIpc) is 2.74. The van der Waals surface area contributed by atoms with Gasteiger partial charge in [0.1, 0.15) is 19.7 Å². The van der Waals surface area contributed by atoms with Crippen LogP contribution in [0.1, 0.15) is 38.2 Å². The van der Waals surface area contributed by atoms with Crippen molar-refractivity contribution in [2.24, 2.45) is 0 Å². The number of piperidine rings is 1. The summed E-state index contributed by atoms with van der Waals surface area (Å²) in [6, 6.07) is 8.82. The van der Waals surface area contributed by atoms with Crippen LogP contribution in [0.2, 0.25) is 0 Å². The number of carboxylic acid groups (broad SMARTS) is 2. The molecule has 0 spiro atoms. The molecule has 1 fully saturated rings. The lowest BCUT2D eigenvalue weighted by molar-refractivity contribution is -1.02. The van der Waals surface area contributed by atoms with Crippen LogP contribution < -0.4 is 0 Å². The Bertz CT molecular complexity index is 882. The van der Waals surface area contributed by atoms with E-state index >= 15 is 0 Å². The monoisotopic (exact) mass is 467 g/mol. The highest BCUT2D eigenvalue weighted by molar-refractivity contribution is 5.88. The summed E-state index contributed by atoms with van der Waals surface area (Å²) >= 11 is 0. The number of likely N-dealkylation sites (tertiary alicyclic amines) is 1. The molecule has 1 atom stereocenters. The smallest absolute Gasteiger partial charge is 0.370 e. The van der Waals surface area contributed by atoms with Crippen molar-refractivity contribution in [2.75, 3.05) is 13.1 Å². The van der Waals surface area contributed by atoms with Crippen molar-refractivity contribution in [3.8, 4) is 0 Å². The largest absolute Gasteiger partial charge is 0.481 e. The second kappa shape index (κ2) is 11.0. The highest BCUT2D eigenvalue weighted by Gasteiger charge is 2.46. The number of amides is 2. The molecule has 0 aliphatic carbocycles. The molecule has 0 bridgehead atoms. The number of hydrogen-bond acceptors (Lipinski definition) is 8. The first-order chi connectivity index (χ1) is 15.5. The van der Waals surface area contributed by atoms with Crippen LogP contribution in [0.25, 0.3) is 0 Å². The molecule has 1 aromatic carbocycles. The molecule has 12 nitrogen and oxygen atoms in total. The third-order valence-corrected chi connectivity index (χ3v) is 5.29. The van der Waals surface area contributed by atoms with Gasteiger partial charge < -0.3 is 15.3 Å². The molecular weight excluding hydrogens is 440 g/mol. The quantitative estimate of drug-likeness (QED) is 0.233. The first-order valence-electron chi connectivity index (χ1n) is 10.2. The standard InChI is InChI=1S/C21H26N2O10/c1-15(25)22(32-13-16-5-3-2-4-6-16)17-7-9-23(14-24,10-8-17)33-19(28)12-21(31,20(29)30)11-18(26)27/h2-6,14,17,31H,7-13H2,1H3,(H-,26,27,29,30)/p+1. The van der Waals surface area contributed by atoms with Crippen LogP contribution in [0.15, 0.2) is 30.3 Å². The Labute approximate surface area is 189 Å². The van der Waals surface area contributed by atoms with Gasteiger partial charge in [0.05, 0.1) is 18.9 Å². The van der Waals surface area contributed by atoms with Gasteiger partial charge in [0, 0.05) is 19.8 Å². The molecule has 1 aliphatic heterocycles. The Kier molecular flexibility index (Phi) is 8.63. The fraction of sp³-hybridized carbons (Fsp3) is 0.476. The summed E-state index contributed by atoms with van der Waals surface area (Å²) in [5, 5.41) is 29.1. The average molecular weight is 467 g/mol. The number of aliphatic hydroxyl groups is 1. The second-order valence-corrected chi connectivity index (χ2v) is 7.89. The summed E-state index contributed by atoms with van der Waals surface area (Å²) in [5.74, 6) is -5.09. The molecule has 1 saturated heterocycles. The van der Waals surface area contributed by atoms with E-state index in [0.29, 0.717) is 6.41 Å². The van der Waals surface area contributed by atoms with Gasteiger partial charge in [-0.05, 0) is 5.56 Å². The molecule has 180 valence electrons. The van der Waals surface area contributed by atoms with Crippen LogP contribution in [0.5, 0.6) is 0 Å². The molecule has 2 rings (SSSR count). The van der Waals surface area contributed by atoms with Gasteiger partial charge in [-0.25, -0.2) is 19.4 Å². The molecule has 0 radical (unpaired) electrons. The van der Waals surface area contributed by atoms with Crippen molar-refractivity contribution < 1.29 is 53.6 Å². The van der Waals surface area contributed by atoms with Gasteiger partial charge >= 0.3 is 24.3 Å². The van der Waals surface area contributed by atoms with Crippen LogP contribution in [0.4, 0.5) is 0 Å². The van der Waals surface area contributed by atoms with E-state index in [1.54, 1.807) is 0 Å². The van der Waals surface area contributed by atoms with Crippen LogP contribution in [-0.4, -0.2) is 80.0 Å². The number of quaternary nitrogens is 1. The van der Waals surface area contributed by atoms with Crippen LogP contribution in [0, 0.1) is 0 Å². The fourth-order valence-electron chi connectivity index (χ4n) is 3.55. The van der Waals surface area contributed by atoms with E-state index < -0.39 is 41.0 Å². The van der Waals surface area contributed by atoms with Gasteiger partial charge in [-0.2, -0.15) is 0 Å². The molecule has 3 N–H and O–H groups in total. The molecule has 0 saturated carbocycles. The molecule has 12 heteroatoms. The number of benzene rings is 1. The van der Waals surface area contributed by atoms with E-state index in [2.05, 4.69) is 0 Å². The minimum atomic E-state index is -2.87. The van der Waals surface area contributed by atoms with E-state index in [-0.39, 0.29) is 44.5 Å². The number of rotatable bonds is 11. The van der Waals surface area contributed by atoms with Gasteiger partial charge in [-0.1, -0.05) is 35.0 Å². The van der Waals surface area contributed by atoms with Crippen LogP contribution in [0.3, 0.4) is 0 Å². The van der Waals surface area contributed by atoms with Crippen molar-refractivity contribution >= 4 is 30.2 Å². The lowest BCUT2D eigenvalue weighted by Crippen LogP contribution is -2.57. The topological polar surface area (TPSA) is 168 Å². The Morgan fingerprint density at radius 3 is 2.21 bits per heavy atom. The first-order valence-corrected chi connectivity index (χ1v) is 10.2. The highest BCUT2D eigenvalue weighted by atomic mass is 16.8. The Balaban J connectivity index is 2.00. The Morgan fingerprint density at radius 1 is 1.12 bits per heavy atom. The van der Waals surface area contributed by atoms with Crippen molar-refractivity contribution in [1.82, 2.24) is 5.06 Å². The number of carbonyl (C=O) groups is 5. The zero-order valence-electron chi connectivity index (χ0n) is 18.1.